The van der Waals surface area contributed by atoms with Gasteiger partial charge >= 0.3 is 0 Å². The summed E-state index contributed by atoms with van der Waals surface area (Å²) in [6, 6.07) is 7.04. The molecule has 184 valence electrons. The van der Waals surface area contributed by atoms with Crippen molar-refractivity contribution < 1.29 is 17.5 Å². The van der Waals surface area contributed by atoms with Gasteiger partial charge < -0.3 is 14.6 Å². The normalized spacial score (nSPS) is 19.5. The molecule has 1 N–H and O–H groups in total. The molecule has 5 heterocycles. The van der Waals surface area contributed by atoms with Gasteiger partial charge in [-0.1, -0.05) is 6.08 Å². The molecule has 1 aromatic carbocycles. The molecule has 0 amide bonds. The number of fused-ring (bicyclic) bond motifs is 2. The smallest absolute Gasteiger partial charge is 0.211 e. The van der Waals surface area contributed by atoms with Crippen LogP contribution in [0.2, 0.25) is 0 Å². The second-order valence-electron chi connectivity index (χ2n) is 9.76. The lowest BCUT2D eigenvalue weighted by Crippen LogP contribution is -2.34. The topological polar surface area (TPSA) is 78.5 Å². The SMILES string of the molecule is CS(=O)(=O)N1CC=C(c2[nH]c3nccc4c3c2CN(CC2CCOCC2)c2ccc(F)cc2-4)CC1. The first kappa shape index (κ1) is 22.7. The number of hydrogen-bond acceptors (Lipinski definition) is 5. The fourth-order valence-electron chi connectivity index (χ4n) is 5.70. The van der Waals surface area contributed by atoms with E-state index < -0.39 is 10.0 Å². The van der Waals surface area contributed by atoms with Crippen LogP contribution in [0.1, 0.15) is 30.5 Å². The minimum atomic E-state index is -3.23. The minimum absolute atomic E-state index is 0.255. The number of anilines is 1. The molecule has 35 heavy (non-hydrogen) atoms. The first-order chi connectivity index (χ1) is 16.9. The third kappa shape index (κ3) is 4.15. The number of rotatable bonds is 4. The van der Waals surface area contributed by atoms with Crippen molar-refractivity contribution in [1.29, 1.82) is 0 Å². The maximum Gasteiger partial charge on any atom is 0.211 e. The van der Waals surface area contributed by atoms with Crippen molar-refractivity contribution in [2.24, 2.45) is 5.92 Å². The van der Waals surface area contributed by atoms with E-state index in [1.807, 2.05) is 18.2 Å². The lowest BCUT2D eigenvalue weighted by molar-refractivity contribution is 0.0681. The molecule has 7 nitrogen and oxygen atoms in total. The van der Waals surface area contributed by atoms with Crippen LogP contribution >= 0.6 is 0 Å². The largest absolute Gasteiger partial charge is 0.381 e. The summed E-state index contributed by atoms with van der Waals surface area (Å²) in [5.74, 6) is 0.255. The van der Waals surface area contributed by atoms with E-state index in [0.717, 1.165) is 77.3 Å². The van der Waals surface area contributed by atoms with Gasteiger partial charge in [0.25, 0.3) is 0 Å². The van der Waals surface area contributed by atoms with E-state index in [-0.39, 0.29) is 5.82 Å². The molecular formula is C26H29FN4O3S. The van der Waals surface area contributed by atoms with Gasteiger partial charge in [-0.2, -0.15) is 4.31 Å². The lowest BCUT2D eigenvalue weighted by atomic mass is 9.98. The number of halogens is 1. The van der Waals surface area contributed by atoms with E-state index in [2.05, 4.69) is 14.9 Å². The summed E-state index contributed by atoms with van der Waals surface area (Å²) in [6.45, 7) is 3.93. The number of nitrogens with zero attached hydrogens (tertiary/aromatic N) is 3. The first-order valence-electron chi connectivity index (χ1n) is 12.1. The maximum atomic E-state index is 14.5. The van der Waals surface area contributed by atoms with Crippen LogP contribution in [0.25, 0.3) is 27.7 Å². The van der Waals surface area contributed by atoms with Gasteiger partial charge in [0.1, 0.15) is 11.5 Å². The Morgan fingerprint density at radius 1 is 1.20 bits per heavy atom. The monoisotopic (exact) mass is 496 g/mol. The highest BCUT2D eigenvalue weighted by Gasteiger charge is 2.30. The number of H-pyrrole nitrogens is 1. The average Bonchev–Trinajstić information content (AvgIpc) is 3.16. The highest BCUT2D eigenvalue weighted by atomic mass is 32.2. The van der Waals surface area contributed by atoms with Crippen molar-refractivity contribution in [3.63, 3.8) is 0 Å². The van der Waals surface area contributed by atoms with Crippen molar-refractivity contribution in [3.8, 4) is 11.1 Å². The number of ether oxygens (including phenoxy) is 1. The summed E-state index contributed by atoms with van der Waals surface area (Å²) in [5, 5.41) is 1.02. The zero-order chi connectivity index (χ0) is 24.2. The zero-order valence-corrected chi connectivity index (χ0v) is 20.6. The molecule has 0 aliphatic carbocycles. The third-order valence-corrected chi connectivity index (χ3v) is 8.79. The Kier molecular flexibility index (Phi) is 5.66. The van der Waals surface area contributed by atoms with Gasteiger partial charge in [-0.3, -0.25) is 0 Å². The molecule has 6 rings (SSSR count). The summed E-state index contributed by atoms with van der Waals surface area (Å²) in [4.78, 5) is 10.5. The Hall–Kier alpha value is -2.75. The van der Waals surface area contributed by atoms with Gasteiger partial charge in [0, 0.05) is 73.5 Å². The van der Waals surface area contributed by atoms with E-state index in [1.165, 1.54) is 10.6 Å². The van der Waals surface area contributed by atoms with Crippen LogP contribution in [0.15, 0.2) is 36.5 Å². The molecule has 1 saturated heterocycles. The van der Waals surface area contributed by atoms with Crippen LogP contribution in [0.4, 0.5) is 10.1 Å². The van der Waals surface area contributed by atoms with E-state index in [4.69, 9.17) is 4.74 Å². The molecule has 9 heteroatoms. The molecule has 1 fully saturated rings. The van der Waals surface area contributed by atoms with Crippen LogP contribution in [-0.2, 0) is 21.3 Å². The third-order valence-electron chi connectivity index (χ3n) is 7.52. The van der Waals surface area contributed by atoms with Crippen LogP contribution in [0, 0.1) is 11.7 Å². The lowest BCUT2D eigenvalue weighted by Gasteiger charge is -2.32. The molecule has 0 radical (unpaired) electrons. The van der Waals surface area contributed by atoms with Gasteiger partial charge in [0.15, 0.2) is 0 Å². The van der Waals surface area contributed by atoms with E-state index in [1.54, 1.807) is 18.3 Å². The van der Waals surface area contributed by atoms with E-state index in [0.29, 0.717) is 32.0 Å². The standard InChI is InChI=1S/C26H29FN4O3S/c1-35(32,33)31-10-5-18(6-11-31)25-22-16-30(15-17-7-12-34-13-8-17)23-3-2-19(27)14-21(23)20-4-9-28-26(29-25)24(20)22/h2-5,9,14,17H,6-8,10-13,15-16H2,1H3,(H,28,29). The molecule has 0 atom stereocenters. The second-order valence-corrected chi connectivity index (χ2v) is 11.7. The first-order valence-corrected chi connectivity index (χ1v) is 14.0. The number of sulfonamides is 1. The molecule has 0 spiro atoms. The quantitative estimate of drug-likeness (QED) is 0.587. The molecule has 2 aromatic heterocycles. The maximum absolute atomic E-state index is 14.5. The number of nitrogens with one attached hydrogen (secondary N) is 1. The number of benzene rings is 1. The Morgan fingerprint density at radius 3 is 2.77 bits per heavy atom. The number of pyridine rings is 1. The summed E-state index contributed by atoms with van der Waals surface area (Å²) in [7, 11) is -3.23. The second kappa shape index (κ2) is 8.72. The molecule has 0 unspecified atom stereocenters. The Morgan fingerprint density at radius 2 is 2.03 bits per heavy atom. The van der Waals surface area contributed by atoms with E-state index >= 15 is 0 Å². The van der Waals surface area contributed by atoms with Gasteiger partial charge in [-0.25, -0.2) is 17.8 Å². The number of aromatic amines is 1. The van der Waals surface area contributed by atoms with Crippen LogP contribution < -0.4 is 4.90 Å². The predicted octanol–water partition coefficient (Wildman–Crippen LogP) is 4.16. The van der Waals surface area contributed by atoms with Crippen LogP contribution in [0.3, 0.4) is 0 Å². The molecular weight excluding hydrogens is 467 g/mol. The summed E-state index contributed by atoms with van der Waals surface area (Å²) < 4.78 is 45.6. The van der Waals surface area contributed by atoms with Gasteiger partial charge in [-0.15, -0.1) is 0 Å². The highest BCUT2D eigenvalue weighted by molar-refractivity contribution is 7.88. The van der Waals surface area contributed by atoms with Crippen LogP contribution in [-0.4, -0.2) is 61.8 Å². The van der Waals surface area contributed by atoms with Crippen molar-refractivity contribution in [1.82, 2.24) is 14.3 Å². The summed E-state index contributed by atoms with van der Waals surface area (Å²) in [5.41, 5.74) is 6.94. The Bertz CT molecular complexity index is 1430. The van der Waals surface area contributed by atoms with Crippen molar-refractivity contribution in [3.05, 3.63) is 53.6 Å². The number of aromatic nitrogens is 2. The molecule has 3 aromatic rings. The Labute approximate surface area is 204 Å². The highest BCUT2D eigenvalue weighted by Crippen LogP contribution is 2.44. The molecule has 3 aliphatic rings. The van der Waals surface area contributed by atoms with Gasteiger partial charge in [0.05, 0.1) is 6.26 Å². The van der Waals surface area contributed by atoms with Crippen molar-refractivity contribution in [2.75, 3.05) is 44.0 Å². The van der Waals surface area contributed by atoms with Crippen molar-refractivity contribution in [2.45, 2.75) is 25.8 Å². The van der Waals surface area contributed by atoms with Crippen molar-refractivity contribution >= 4 is 32.3 Å². The Balaban J connectivity index is 1.47. The zero-order valence-electron chi connectivity index (χ0n) is 19.8. The summed E-state index contributed by atoms with van der Waals surface area (Å²) in [6.07, 6.45) is 7.69. The fraction of sp³-hybridized carbons (Fsp3) is 0.423. The average molecular weight is 497 g/mol. The molecule has 3 aliphatic heterocycles. The fourth-order valence-corrected chi connectivity index (χ4v) is 6.46. The van der Waals surface area contributed by atoms with Gasteiger partial charge in [-0.05, 0) is 60.6 Å². The number of hydrogen-bond donors (Lipinski definition) is 1. The molecule has 0 bridgehead atoms. The van der Waals surface area contributed by atoms with Gasteiger partial charge in [0.2, 0.25) is 10.0 Å². The van der Waals surface area contributed by atoms with E-state index in [9.17, 15) is 12.8 Å². The van der Waals surface area contributed by atoms with Crippen LogP contribution in [0.5, 0.6) is 0 Å². The summed E-state index contributed by atoms with van der Waals surface area (Å²) >= 11 is 0. The predicted molar refractivity (Wildman–Crippen MR) is 135 cm³/mol. The molecule has 0 saturated carbocycles. The minimum Gasteiger partial charge on any atom is -0.381 e.